The van der Waals surface area contributed by atoms with Gasteiger partial charge in [-0.25, -0.2) is 4.98 Å². The van der Waals surface area contributed by atoms with Gasteiger partial charge in [-0.1, -0.05) is 0 Å². The fraction of sp³-hybridized carbons (Fsp3) is 0.154. The van der Waals surface area contributed by atoms with E-state index in [1.165, 1.54) is 0 Å². The number of nitrogens with zero attached hydrogens (tertiary/aromatic N) is 4. The molecule has 0 radical (unpaired) electrons. The second-order valence-electron chi connectivity index (χ2n) is 4.08. The third-order valence-electron chi connectivity index (χ3n) is 2.94. The molecule has 3 aromatic rings. The number of hydrogen-bond donors (Lipinski definition) is 0. The first-order valence-electron chi connectivity index (χ1n) is 5.59. The van der Waals surface area contributed by atoms with Crippen LogP contribution in [0.25, 0.3) is 22.0 Å². The van der Waals surface area contributed by atoms with Gasteiger partial charge in [0.25, 0.3) is 0 Å². The largest absolute Gasteiger partial charge is 0.326 e. The lowest BCUT2D eigenvalue weighted by Gasteiger charge is -2.07. The number of rotatable bonds is 2. The summed E-state index contributed by atoms with van der Waals surface area (Å²) in [5.74, 6) is 0.948. The van der Waals surface area contributed by atoms with Crippen molar-refractivity contribution >= 4 is 11.3 Å². The summed E-state index contributed by atoms with van der Waals surface area (Å²) in [6, 6.07) is 2.02. The van der Waals surface area contributed by atoms with Gasteiger partial charge in [-0.3, -0.25) is 9.97 Å². The van der Waals surface area contributed by atoms with Crippen LogP contribution >= 0.6 is 11.3 Å². The molecule has 0 unspecified atom stereocenters. The lowest BCUT2D eigenvalue weighted by atomic mass is 10.1. The molecule has 3 rings (SSSR count). The van der Waals surface area contributed by atoms with Crippen LogP contribution in [0, 0.1) is 6.92 Å². The van der Waals surface area contributed by atoms with E-state index in [4.69, 9.17) is 0 Å². The minimum atomic E-state index is 0.948. The van der Waals surface area contributed by atoms with Crippen molar-refractivity contribution in [2.75, 3.05) is 0 Å². The van der Waals surface area contributed by atoms with E-state index >= 15 is 0 Å². The molecular weight excluding hydrogens is 244 g/mol. The maximum atomic E-state index is 4.49. The first-order chi connectivity index (χ1) is 8.77. The minimum Gasteiger partial charge on any atom is -0.326 e. The molecule has 0 saturated heterocycles. The minimum absolute atomic E-state index is 0.948. The van der Waals surface area contributed by atoms with Crippen LogP contribution in [0.5, 0.6) is 0 Å². The van der Waals surface area contributed by atoms with Crippen LogP contribution < -0.4 is 0 Å². The molecule has 3 aromatic heterocycles. The van der Waals surface area contributed by atoms with Crippen LogP contribution in [0.3, 0.4) is 0 Å². The van der Waals surface area contributed by atoms with E-state index in [0.717, 1.165) is 27.5 Å². The molecule has 0 amide bonds. The maximum Gasteiger partial charge on any atom is 0.151 e. The van der Waals surface area contributed by atoms with Gasteiger partial charge in [0.1, 0.15) is 0 Å². The number of aromatic nitrogens is 4. The van der Waals surface area contributed by atoms with Crippen LogP contribution in [-0.4, -0.2) is 19.5 Å². The molecule has 0 atom stereocenters. The van der Waals surface area contributed by atoms with Crippen LogP contribution in [-0.2, 0) is 7.05 Å². The number of pyridine rings is 1. The molecule has 0 spiro atoms. The number of thiazole rings is 1. The van der Waals surface area contributed by atoms with Crippen LogP contribution in [0.2, 0.25) is 0 Å². The Morgan fingerprint density at radius 1 is 1.17 bits per heavy atom. The Bertz CT molecular complexity index is 670. The first kappa shape index (κ1) is 11.1. The van der Waals surface area contributed by atoms with Crippen molar-refractivity contribution in [3.63, 3.8) is 0 Å². The molecular formula is C13H12N4S. The second kappa shape index (κ2) is 4.34. The van der Waals surface area contributed by atoms with Crippen LogP contribution in [0.15, 0.2) is 36.4 Å². The monoisotopic (exact) mass is 256 g/mol. The molecule has 0 N–H and O–H groups in total. The molecule has 0 aliphatic carbocycles. The zero-order chi connectivity index (χ0) is 12.5. The number of imidazole rings is 1. The summed E-state index contributed by atoms with van der Waals surface area (Å²) < 4.78 is 2.09. The van der Waals surface area contributed by atoms with Gasteiger partial charge in [0.2, 0.25) is 0 Å². The van der Waals surface area contributed by atoms with Crippen molar-refractivity contribution in [1.29, 1.82) is 0 Å². The Labute approximate surface area is 109 Å². The Hall–Kier alpha value is -2.01. The second-order valence-corrected chi connectivity index (χ2v) is 4.97. The Morgan fingerprint density at radius 3 is 2.78 bits per heavy atom. The average Bonchev–Trinajstić information content (AvgIpc) is 2.99. The fourth-order valence-electron chi connectivity index (χ4n) is 1.98. The molecule has 0 bridgehead atoms. The molecule has 4 nitrogen and oxygen atoms in total. The molecule has 0 aliphatic heterocycles. The molecule has 18 heavy (non-hydrogen) atoms. The predicted molar refractivity (Wildman–Crippen MR) is 72.3 cm³/mol. The highest BCUT2D eigenvalue weighted by Crippen LogP contribution is 2.28. The van der Waals surface area contributed by atoms with Crippen LogP contribution in [0.4, 0.5) is 0 Å². The third-order valence-corrected chi connectivity index (χ3v) is 3.71. The van der Waals surface area contributed by atoms with Gasteiger partial charge in [-0.2, -0.15) is 0 Å². The standard InChI is InChI=1S/C13H12N4S/c1-9-5-14-4-3-10(9)11-6-16-13(17(11)2)12-7-15-8-18-12/h3-8H,1-2H3. The molecule has 0 aliphatic rings. The van der Waals surface area contributed by atoms with Crippen molar-refractivity contribution in [1.82, 2.24) is 19.5 Å². The van der Waals surface area contributed by atoms with Crippen molar-refractivity contribution < 1.29 is 0 Å². The number of hydrogen-bond acceptors (Lipinski definition) is 4. The molecule has 90 valence electrons. The van der Waals surface area contributed by atoms with Crippen molar-refractivity contribution in [3.05, 3.63) is 41.9 Å². The molecule has 0 saturated carbocycles. The highest BCUT2D eigenvalue weighted by molar-refractivity contribution is 7.13. The highest BCUT2D eigenvalue weighted by Gasteiger charge is 2.12. The number of aryl methyl sites for hydroxylation is 1. The zero-order valence-corrected chi connectivity index (χ0v) is 11.0. The van der Waals surface area contributed by atoms with Gasteiger partial charge in [0.05, 0.1) is 22.3 Å². The molecule has 0 aromatic carbocycles. The van der Waals surface area contributed by atoms with Gasteiger partial charge < -0.3 is 4.57 Å². The quantitative estimate of drug-likeness (QED) is 0.708. The molecule has 5 heteroatoms. The summed E-state index contributed by atoms with van der Waals surface area (Å²) in [5, 5.41) is 0. The first-order valence-corrected chi connectivity index (χ1v) is 6.47. The summed E-state index contributed by atoms with van der Waals surface area (Å²) in [6.07, 6.45) is 7.42. The van der Waals surface area contributed by atoms with Crippen molar-refractivity contribution in [2.45, 2.75) is 6.92 Å². The van der Waals surface area contributed by atoms with E-state index in [1.54, 1.807) is 11.3 Å². The predicted octanol–water partition coefficient (Wildman–Crippen LogP) is 2.91. The molecule has 0 fully saturated rings. The van der Waals surface area contributed by atoms with E-state index in [1.807, 2.05) is 43.4 Å². The van der Waals surface area contributed by atoms with E-state index in [0.29, 0.717) is 0 Å². The lowest BCUT2D eigenvalue weighted by Crippen LogP contribution is -1.95. The average molecular weight is 256 g/mol. The summed E-state index contributed by atoms with van der Waals surface area (Å²) in [7, 11) is 2.03. The maximum absolute atomic E-state index is 4.49. The highest BCUT2D eigenvalue weighted by atomic mass is 32.1. The zero-order valence-electron chi connectivity index (χ0n) is 10.2. The van der Waals surface area contributed by atoms with Gasteiger partial charge >= 0.3 is 0 Å². The van der Waals surface area contributed by atoms with E-state index < -0.39 is 0 Å². The normalized spacial score (nSPS) is 10.8. The lowest BCUT2D eigenvalue weighted by molar-refractivity contribution is 0.933. The van der Waals surface area contributed by atoms with Crippen molar-refractivity contribution in [2.24, 2.45) is 7.05 Å². The van der Waals surface area contributed by atoms with Gasteiger partial charge in [0.15, 0.2) is 5.82 Å². The van der Waals surface area contributed by atoms with E-state index in [2.05, 4.69) is 26.4 Å². The van der Waals surface area contributed by atoms with E-state index in [-0.39, 0.29) is 0 Å². The van der Waals surface area contributed by atoms with Gasteiger partial charge in [0, 0.05) is 31.2 Å². The smallest absolute Gasteiger partial charge is 0.151 e. The van der Waals surface area contributed by atoms with Gasteiger partial charge in [-0.15, -0.1) is 11.3 Å². The Balaban J connectivity index is 2.14. The van der Waals surface area contributed by atoms with Gasteiger partial charge in [-0.05, 0) is 18.6 Å². The topological polar surface area (TPSA) is 43.6 Å². The summed E-state index contributed by atoms with van der Waals surface area (Å²) in [5.41, 5.74) is 5.23. The van der Waals surface area contributed by atoms with Crippen LogP contribution in [0.1, 0.15) is 5.56 Å². The Kier molecular flexibility index (Phi) is 2.68. The van der Waals surface area contributed by atoms with Crippen molar-refractivity contribution in [3.8, 4) is 22.0 Å². The fourth-order valence-corrected chi connectivity index (χ4v) is 2.63. The summed E-state index contributed by atoms with van der Waals surface area (Å²) >= 11 is 1.60. The summed E-state index contributed by atoms with van der Waals surface area (Å²) in [4.78, 5) is 13.8. The SMILES string of the molecule is Cc1cnccc1-c1cnc(-c2cncs2)n1C. The molecule has 3 heterocycles. The third kappa shape index (κ3) is 1.73. The summed E-state index contributed by atoms with van der Waals surface area (Å²) in [6.45, 7) is 2.06. The van der Waals surface area contributed by atoms with E-state index in [9.17, 15) is 0 Å². The Morgan fingerprint density at radius 2 is 2.06 bits per heavy atom.